The smallest absolute Gasteiger partial charge is 0.261 e. The van der Waals surface area contributed by atoms with Crippen molar-refractivity contribution in [1.82, 2.24) is 5.32 Å². The topological polar surface area (TPSA) is 103 Å². The summed E-state index contributed by atoms with van der Waals surface area (Å²) in [4.78, 5) is 12.4. The highest BCUT2D eigenvalue weighted by Crippen LogP contribution is 2.35. The van der Waals surface area contributed by atoms with Gasteiger partial charge in [-0.2, -0.15) is 0 Å². The molecule has 2 aromatic carbocycles. The number of anilines is 1. The molecular weight excluding hydrogens is 420 g/mol. The summed E-state index contributed by atoms with van der Waals surface area (Å²) in [7, 11) is -3.79. The number of carbonyl (C=O) groups is 1. The van der Waals surface area contributed by atoms with Crippen LogP contribution in [0.3, 0.4) is 0 Å². The zero-order valence-corrected chi connectivity index (χ0v) is 18.1. The van der Waals surface area contributed by atoms with Crippen LogP contribution in [-0.2, 0) is 14.8 Å². The number of fused-ring (bicyclic) bond motifs is 1. The van der Waals surface area contributed by atoms with Crippen molar-refractivity contribution in [2.45, 2.75) is 56.1 Å². The van der Waals surface area contributed by atoms with E-state index in [4.69, 9.17) is 14.2 Å². The Balaban J connectivity index is 1.36. The van der Waals surface area contributed by atoms with Gasteiger partial charge in [0.15, 0.2) is 17.6 Å². The third-order valence-corrected chi connectivity index (χ3v) is 6.79. The number of hydrogen-bond acceptors (Lipinski definition) is 6. The molecule has 1 fully saturated rings. The fourth-order valence-electron chi connectivity index (χ4n) is 3.69. The average molecular weight is 447 g/mol. The van der Waals surface area contributed by atoms with Gasteiger partial charge in [0.2, 0.25) is 6.79 Å². The van der Waals surface area contributed by atoms with E-state index in [1.165, 1.54) is 18.6 Å². The molecule has 1 heterocycles. The largest absolute Gasteiger partial charge is 0.481 e. The minimum absolute atomic E-state index is 0.0804. The SMILES string of the molecule is C[C@H](Oc1ccc(S(=O)(=O)Nc2ccc3c(c2)OCO3)cc1)C(=O)NC1CCCCC1. The van der Waals surface area contributed by atoms with Crippen LogP contribution < -0.4 is 24.2 Å². The van der Waals surface area contributed by atoms with Crippen molar-refractivity contribution in [2.24, 2.45) is 0 Å². The molecule has 9 heteroatoms. The number of benzene rings is 2. The summed E-state index contributed by atoms with van der Waals surface area (Å²) >= 11 is 0. The van der Waals surface area contributed by atoms with Crippen molar-refractivity contribution in [2.75, 3.05) is 11.5 Å². The molecule has 2 aliphatic rings. The number of sulfonamides is 1. The first-order valence-electron chi connectivity index (χ1n) is 10.4. The summed E-state index contributed by atoms with van der Waals surface area (Å²) in [5.41, 5.74) is 0.373. The average Bonchev–Trinajstić information content (AvgIpc) is 3.22. The Bertz CT molecular complexity index is 1030. The molecule has 0 bridgehead atoms. The van der Waals surface area contributed by atoms with Crippen molar-refractivity contribution < 1.29 is 27.4 Å². The summed E-state index contributed by atoms with van der Waals surface area (Å²) < 4.78 is 44.1. The first kappa shape index (κ1) is 21.3. The molecule has 4 rings (SSSR count). The Hall–Kier alpha value is -2.94. The molecule has 0 spiro atoms. The lowest BCUT2D eigenvalue weighted by molar-refractivity contribution is -0.128. The van der Waals surface area contributed by atoms with Crippen molar-refractivity contribution in [3.05, 3.63) is 42.5 Å². The van der Waals surface area contributed by atoms with E-state index in [1.54, 1.807) is 37.3 Å². The summed E-state index contributed by atoms with van der Waals surface area (Å²) in [6.45, 7) is 1.80. The van der Waals surface area contributed by atoms with Crippen molar-refractivity contribution in [3.8, 4) is 17.2 Å². The highest BCUT2D eigenvalue weighted by Gasteiger charge is 2.22. The fraction of sp³-hybridized carbons (Fsp3) is 0.409. The van der Waals surface area contributed by atoms with E-state index in [0.717, 1.165) is 25.7 Å². The highest BCUT2D eigenvalue weighted by atomic mass is 32.2. The van der Waals surface area contributed by atoms with Crippen molar-refractivity contribution in [1.29, 1.82) is 0 Å². The van der Waals surface area contributed by atoms with E-state index in [9.17, 15) is 13.2 Å². The molecule has 1 atom stereocenters. The van der Waals surface area contributed by atoms with E-state index in [-0.39, 0.29) is 23.6 Å². The van der Waals surface area contributed by atoms with Crippen molar-refractivity contribution >= 4 is 21.6 Å². The molecule has 0 radical (unpaired) electrons. The van der Waals surface area contributed by atoms with E-state index in [1.807, 2.05) is 0 Å². The minimum Gasteiger partial charge on any atom is -0.481 e. The molecule has 1 aliphatic carbocycles. The maximum atomic E-state index is 12.7. The Labute approximate surface area is 181 Å². The molecule has 2 N–H and O–H groups in total. The monoisotopic (exact) mass is 446 g/mol. The van der Waals surface area contributed by atoms with Crippen molar-refractivity contribution in [3.63, 3.8) is 0 Å². The van der Waals surface area contributed by atoms with Gasteiger partial charge in [-0.15, -0.1) is 0 Å². The molecule has 1 aliphatic heterocycles. The third-order valence-electron chi connectivity index (χ3n) is 5.39. The van der Waals surface area contributed by atoms with Crippen LogP contribution in [0.2, 0.25) is 0 Å². The van der Waals surface area contributed by atoms with Crippen LogP contribution in [0.1, 0.15) is 39.0 Å². The molecule has 166 valence electrons. The predicted octanol–water partition coefficient (Wildman–Crippen LogP) is 3.43. The second-order valence-electron chi connectivity index (χ2n) is 7.75. The number of hydrogen-bond donors (Lipinski definition) is 2. The van der Waals surface area contributed by atoms with Gasteiger partial charge in [0.1, 0.15) is 5.75 Å². The van der Waals surface area contributed by atoms with Crippen LogP contribution in [0.15, 0.2) is 47.4 Å². The lowest BCUT2D eigenvalue weighted by Gasteiger charge is -2.24. The molecule has 0 saturated heterocycles. The van der Waals surface area contributed by atoms with Crippen LogP contribution in [0, 0.1) is 0 Å². The third kappa shape index (κ3) is 5.22. The first-order chi connectivity index (χ1) is 14.9. The normalized spacial score (nSPS) is 17.1. The summed E-state index contributed by atoms with van der Waals surface area (Å²) in [5.74, 6) is 1.33. The van der Waals surface area contributed by atoms with Gasteiger partial charge in [0.05, 0.1) is 10.6 Å². The quantitative estimate of drug-likeness (QED) is 0.676. The molecule has 2 aromatic rings. The number of nitrogens with one attached hydrogen (secondary N) is 2. The van der Waals surface area contributed by atoms with Gasteiger partial charge in [-0.1, -0.05) is 19.3 Å². The highest BCUT2D eigenvalue weighted by molar-refractivity contribution is 7.92. The standard InChI is InChI=1S/C22H26N2O6S/c1-15(22(25)23-16-5-3-2-4-6-16)30-18-8-10-19(11-9-18)31(26,27)24-17-7-12-20-21(13-17)29-14-28-20/h7-13,15-16,24H,2-6,14H2,1H3,(H,23,25)/t15-/m0/s1. The Morgan fingerprint density at radius 1 is 1.03 bits per heavy atom. The van der Waals surface area contributed by atoms with Gasteiger partial charge in [-0.05, 0) is 56.2 Å². The van der Waals surface area contributed by atoms with Gasteiger partial charge < -0.3 is 19.5 Å². The maximum Gasteiger partial charge on any atom is 0.261 e. The molecule has 1 amide bonds. The predicted molar refractivity (Wildman–Crippen MR) is 115 cm³/mol. The van der Waals surface area contributed by atoms with Crippen LogP contribution in [-0.4, -0.2) is 33.3 Å². The number of rotatable bonds is 7. The second kappa shape index (κ2) is 9.05. The van der Waals surface area contributed by atoms with E-state index in [2.05, 4.69) is 10.0 Å². The molecular formula is C22H26N2O6S. The zero-order chi connectivity index (χ0) is 21.8. The summed E-state index contributed by atoms with van der Waals surface area (Å²) in [6.07, 6.45) is 4.82. The summed E-state index contributed by atoms with van der Waals surface area (Å²) in [6, 6.07) is 11.0. The van der Waals surface area contributed by atoms with Gasteiger partial charge >= 0.3 is 0 Å². The minimum atomic E-state index is -3.79. The van der Waals surface area contributed by atoms with Gasteiger partial charge in [0.25, 0.3) is 15.9 Å². The number of ether oxygens (including phenoxy) is 3. The van der Waals surface area contributed by atoms with Gasteiger partial charge in [-0.25, -0.2) is 8.42 Å². The van der Waals surface area contributed by atoms with Crippen LogP contribution in [0.5, 0.6) is 17.2 Å². The maximum absolute atomic E-state index is 12.7. The van der Waals surface area contributed by atoms with Gasteiger partial charge in [0, 0.05) is 12.1 Å². The lowest BCUT2D eigenvalue weighted by Crippen LogP contribution is -2.43. The first-order valence-corrected chi connectivity index (χ1v) is 11.9. The van der Waals surface area contributed by atoms with Crippen LogP contribution >= 0.6 is 0 Å². The molecule has 1 saturated carbocycles. The summed E-state index contributed by atoms with van der Waals surface area (Å²) in [5, 5.41) is 3.03. The molecule has 0 aromatic heterocycles. The number of carbonyl (C=O) groups excluding carboxylic acids is 1. The molecule has 8 nitrogen and oxygen atoms in total. The van der Waals surface area contributed by atoms with Gasteiger partial charge in [-0.3, -0.25) is 9.52 Å². The van der Waals surface area contributed by atoms with Crippen LogP contribution in [0.25, 0.3) is 0 Å². The van der Waals surface area contributed by atoms with E-state index >= 15 is 0 Å². The fourth-order valence-corrected chi connectivity index (χ4v) is 4.74. The second-order valence-corrected chi connectivity index (χ2v) is 9.43. The molecule has 31 heavy (non-hydrogen) atoms. The Morgan fingerprint density at radius 3 is 2.48 bits per heavy atom. The number of amides is 1. The zero-order valence-electron chi connectivity index (χ0n) is 17.3. The van der Waals surface area contributed by atoms with Crippen LogP contribution in [0.4, 0.5) is 5.69 Å². The van der Waals surface area contributed by atoms with E-state index < -0.39 is 16.1 Å². The Kier molecular flexibility index (Phi) is 6.22. The Morgan fingerprint density at radius 2 is 1.74 bits per heavy atom. The lowest BCUT2D eigenvalue weighted by atomic mass is 9.95. The van der Waals surface area contributed by atoms with E-state index in [0.29, 0.717) is 22.9 Å². The molecule has 0 unspecified atom stereocenters.